The SMILES string of the molecule is O=C1NN(c2ccc(Cl)cc2)C(=O)C1=Cc1cccc(Br)c1. The van der Waals surface area contributed by atoms with Crippen molar-refractivity contribution in [1.82, 2.24) is 5.43 Å². The van der Waals surface area contributed by atoms with Crippen LogP contribution in [0.25, 0.3) is 6.08 Å². The molecule has 1 saturated heterocycles. The summed E-state index contributed by atoms with van der Waals surface area (Å²) < 4.78 is 0.877. The van der Waals surface area contributed by atoms with E-state index in [9.17, 15) is 9.59 Å². The minimum atomic E-state index is -0.431. The van der Waals surface area contributed by atoms with E-state index in [4.69, 9.17) is 11.6 Å². The summed E-state index contributed by atoms with van der Waals surface area (Å²) in [5.41, 5.74) is 3.96. The Labute approximate surface area is 140 Å². The molecule has 22 heavy (non-hydrogen) atoms. The maximum absolute atomic E-state index is 12.4. The molecule has 1 fully saturated rings. The van der Waals surface area contributed by atoms with Crippen molar-refractivity contribution in [3.05, 3.63) is 69.2 Å². The average Bonchev–Trinajstić information content (AvgIpc) is 2.76. The molecule has 0 aromatic heterocycles. The molecule has 1 N–H and O–H groups in total. The Kier molecular flexibility index (Phi) is 4.00. The molecule has 1 aliphatic heterocycles. The summed E-state index contributed by atoms with van der Waals surface area (Å²) in [6.07, 6.45) is 1.57. The third-order valence-electron chi connectivity index (χ3n) is 3.14. The summed E-state index contributed by atoms with van der Waals surface area (Å²) in [7, 11) is 0. The van der Waals surface area contributed by atoms with E-state index in [1.807, 2.05) is 24.3 Å². The van der Waals surface area contributed by atoms with Gasteiger partial charge in [0.25, 0.3) is 11.8 Å². The third kappa shape index (κ3) is 2.91. The summed E-state index contributed by atoms with van der Waals surface area (Å²) in [6, 6.07) is 14.0. The number of nitrogens with zero attached hydrogens (tertiary/aromatic N) is 1. The molecule has 4 nitrogen and oxygen atoms in total. The fraction of sp³-hybridized carbons (Fsp3) is 0. The van der Waals surface area contributed by atoms with E-state index in [1.54, 1.807) is 30.3 Å². The second-order valence-corrected chi connectivity index (χ2v) is 6.02. The standard InChI is InChI=1S/C16H10BrClN2O2/c17-11-3-1-2-10(8-11)9-14-15(21)19-20(16(14)22)13-6-4-12(18)5-7-13/h1-9H,(H,19,21). The Bertz CT molecular complexity index is 787. The van der Waals surface area contributed by atoms with E-state index in [-0.39, 0.29) is 5.57 Å². The van der Waals surface area contributed by atoms with Crippen LogP contribution in [0.3, 0.4) is 0 Å². The Morgan fingerprint density at radius 3 is 2.50 bits per heavy atom. The van der Waals surface area contributed by atoms with E-state index in [0.29, 0.717) is 10.7 Å². The molecule has 0 aliphatic carbocycles. The molecule has 0 radical (unpaired) electrons. The zero-order chi connectivity index (χ0) is 15.7. The molecule has 2 aromatic carbocycles. The number of anilines is 1. The van der Waals surface area contributed by atoms with Gasteiger partial charge >= 0.3 is 0 Å². The maximum atomic E-state index is 12.4. The van der Waals surface area contributed by atoms with Gasteiger partial charge in [-0.25, -0.2) is 5.01 Å². The van der Waals surface area contributed by atoms with Crippen LogP contribution >= 0.6 is 27.5 Å². The van der Waals surface area contributed by atoms with E-state index >= 15 is 0 Å². The largest absolute Gasteiger partial charge is 0.282 e. The van der Waals surface area contributed by atoms with Gasteiger partial charge in [-0.3, -0.25) is 15.0 Å². The molecule has 0 spiro atoms. The summed E-state index contributed by atoms with van der Waals surface area (Å²) >= 11 is 9.19. The fourth-order valence-corrected chi connectivity index (χ4v) is 2.64. The van der Waals surface area contributed by atoms with Crippen LogP contribution in [0.5, 0.6) is 0 Å². The number of benzene rings is 2. The lowest BCUT2D eigenvalue weighted by molar-refractivity contribution is -0.117. The van der Waals surface area contributed by atoms with Gasteiger partial charge in [0.1, 0.15) is 5.57 Å². The second kappa shape index (κ2) is 5.94. The summed E-state index contributed by atoms with van der Waals surface area (Å²) in [5, 5.41) is 1.77. The van der Waals surface area contributed by atoms with Crippen molar-refractivity contribution in [2.45, 2.75) is 0 Å². The van der Waals surface area contributed by atoms with Crippen molar-refractivity contribution in [2.75, 3.05) is 5.01 Å². The fourth-order valence-electron chi connectivity index (χ4n) is 2.09. The number of amides is 2. The number of rotatable bonds is 2. The summed E-state index contributed by atoms with van der Waals surface area (Å²) in [5.74, 6) is -0.827. The van der Waals surface area contributed by atoms with Gasteiger partial charge in [0, 0.05) is 9.50 Å². The highest BCUT2D eigenvalue weighted by molar-refractivity contribution is 9.10. The first kappa shape index (κ1) is 14.8. The van der Waals surface area contributed by atoms with E-state index in [0.717, 1.165) is 10.0 Å². The molecule has 110 valence electrons. The number of hydrogen-bond acceptors (Lipinski definition) is 2. The van der Waals surface area contributed by atoms with Crippen LogP contribution in [0.15, 0.2) is 58.6 Å². The van der Waals surface area contributed by atoms with Gasteiger partial charge < -0.3 is 0 Å². The van der Waals surface area contributed by atoms with Gasteiger partial charge in [-0.1, -0.05) is 39.7 Å². The highest BCUT2D eigenvalue weighted by Crippen LogP contribution is 2.23. The van der Waals surface area contributed by atoms with Crippen LogP contribution < -0.4 is 10.4 Å². The molecule has 6 heteroatoms. The van der Waals surface area contributed by atoms with Crippen molar-refractivity contribution in [1.29, 1.82) is 0 Å². The van der Waals surface area contributed by atoms with Gasteiger partial charge in [0.15, 0.2) is 0 Å². The zero-order valence-electron chi connectivity index (χ0n) is 11.2. The Morgan fingerprint density at radius 1 is 1.09 bits per heavy atom. The normalized spacial score (nSPS) is 16.3. The number of hydrazine groups is 1. The number of hydrogen-bond donors (Lipinski definition) is 1. The highest BCUT2D eigenvalue weighted by Gasteiger charge is 2.34. The van der Waals surface area contributed by atoms with Crippen LogP contribution in [-0.2, 0) is 9.59 Å². The zero-order valence-corrected chi connectivity index (χ0v) is 13.6. The lowest BCUT2D eigenvalue weighted by Gasteiger charge is -2.14. The van der Waals surface area contributed by atoms with E-state index < -0.39 is 11.8 Å². The van der Waals surface area contributed by atoms with Crippen LogP contribution in [-0.4, -0.2) is 11.8 Å². The second-order valence-electron chi connectivity index (χ2n) is 4.67. The third-order valence-corrected chi connectivity index (χ3v) is 3.88. The Balaban J connectivity index is 1.93. The lowest BCUT2D eigenvalue weighted by Crippen LogP contribution is -2.35. The summed E-state index contributed by atoms with van der Waals surface area (Å²) in [6.45, 7) is 0. The first-order chi connectivity index (χ1) is 10.5. The molecular formula is C16H10BrClN2O2. The number of nitrogens with one attached hydrogen (secondary N) is 1. The van der Waals surface area contributed by atoms with Gasteiger partial charge in [-0.15, -0.1) is 0 Å². The minimum absolute atomic E-state index is 0.0908. The summed E-state index contributed by atoms with van der Waals surface area (Å²) in [4.78, 5) is 24.5. The topological polar surface area (TPSA) is 49.4 Å². The first-order valence-electron chi connectivity index (χ1n) is 6.43. The average molecular weight is 378 g/mol. The van der Waals surface area contributed by atoms with Crippen LogP contribution in [0.2, 0.25) is 5.02 Å². The van der Waals surface area contributed by atoms with E-state index in [1.165, 1.54) is 5.01 Å². The van der Waals surface area contributed by atoms with Crippen molar-refractivity contribution >= 4 is 51.1 Å². The van der Waals surface area contributed by atoms with Crippen LogP contribution in [0.1, 0.15) is 5.56 Å². The molecular weight excluding hydrogens is 368 g/mol. The smallest absolute Gasteiger partial charge is 0.267 e. The van der Waals surface area contributed by atoms with Gasteiger partial charge in [0.05, 0.1) is 5.69 Å². The molecule has 0 bridgehead atoms. The maximum Gasteiger partial charge on any atom is 0.282 e. The monoisotopic (exact) mass is 376 g/mol. The lowest BCUT2D eigenvalue weighted by atomic mass is 10.1. The van der Waals surface area contributed by atoms with Gasteiger partial charge in [0.2, 0.25) is 0 Å². The van der Waals surface area contributed by atoms with Crippen molar-refractivity contribution in [3.8, 4) is 0 Å². The minimum Gasteiger partial charge on any atom is -0.267 e. The molecule has 0 saturated carbocycles. The molecule has 2 aromatic rings. The van der Waals surface area contributed by atoms with Gasteiger partial charge in [-0.2, -0.15) is 0 Å². The predicted molar refractivity (Wildman–Crippen MR) is 89.2 cm³/mol. The predicted octanol–water partition coefficient (Wildman–Crippen LogP) is 3.56. The molecule has 3 rings (SSSR count). The Hall–Kier alpha value is -2.11. The molecule has 2 amide bonds. The molecule has 1 heterocycles. The number of carbonyl (C=O) groups excluding carboxylic acids is 2. The highest BCUT2D eigenvalue weighted by atomic mass is 79.9. The van der Waals surface area contributed by atoms with Crippen LogP contribution in [0.4, 0.5) is 5.69 Å². The molecule has 0 atom stereocenters. The van der Waals surface area contributed by atoms with Crippen LogP contribution in [0, 0.1) is 0 Å². The quantitative estimate of drug-likeness (QED) is 0.642. The molecule has 0 unspecified atom stereocenters. The number of carbonyl (C=O) groups is 2. The first-order valence-corrected chi connectivity index (χ1v) is 7.60. The van der Waals surface area contributed by atoms with Crippen molar-refractivity contribution in [2.24, 2.45) is 0 Å². The van der Waals surface area contributed by atoms with Crippen molar-refractivity contribution < 1.29 is 9.59 Å². The van der Waals surface area contributed by atoms with Gasteiger partial charge in [-0.05, 0) is 48.0 Å². The Morgan fingerprint density at radius 2 is 1.82 bits per heavy atom. The number of halogens is 2. The molecule has 1 aliphatic rings. The van der Waals surface area contributed by atoms with Crippen molar-refractivity contribution in [3.63, 3.8) is 0 Å². The van der Waals surface area contributed by atoms with E-state index in [2.05, 4.69) is 21.4 Å².